The summed E-state index contributed by atoms with van der Waals surface area (Å²) in [6.45, 7) is 0.725. The average molecular weight is 420 g/mol. The van der Waals surface area contributed by atoms with Crippen molar-refractivity contribution in [3.05, 3.63) is 53.5 Å². The molecule has 1 aromatic carbocycles. The minimum Gasteiger partial charge on any atom is -0.504 e. The lowest BCUT2D eigenvalue weighted by Gasteiger charge is -2.32. The fourth-order valence-electron chi connectivity index (χ4n) is 3.76. The van der Waals surface area contributed by atoms with Crippen molar-refractivity contribution < 1.29 is 27.8 Å². The number of methoxy groups -OCH3 is 1. The lowest BCUT2D eigenvalue weighted by atomic mass is 9.96. The number of hydrogen-bond donors (Lipinski definition) is 1. The predicted molar refractivity (Wildman–Crippen MR) is 101 cm³/mol. The number of amides is 1. The van der Waals surface area contributed by atoms with Crippen LogP contribution in [0.2, 0.25) is 0 Å². The Morgan fingerprint density at radius 1 is 1.23 bits per heavy atom. The van der Waals surface area contributed by atoms with Gasteiger partial charge >= 0.3 is 6.18 Å². The molecule has 0 radical (unpaired) electrons. The number of ether oxygens (including phenoxy) is 1. The van der Waals surface area contributed by atoms with E-state index in [1.54, 1.807) is 17.0 Å². The molecule has 1 saturated heterocycles. The zero-order valence-electron chi connectivity index (χ0n) is 16.1. The Hall–Kier alpha value is -3.30. The summed E-state index contributed by atoms with van der Waals surface area (Å²) in [4.78, 5) is 14.5. The summed E-state index contributed by atoms with van der Waals surface area (Å²) in [7, 11) is 1.39. The van der Waals surface area contributed by atoms with Crippen LogP contribution in [0.5, 0.6) is 11.5 Å². The average Bonchev–Trinajstić information content (AvgIpc) is 3.16. The summed E-state index contributed by atoms with van der Waals surface area (Å²) in [6.07, 6.45) is -2.19. The molecule has 3 aromatic rings. The summed E-state index contributed by atoms with van der Waals surface area (Å²) in [5, 5.41) is 18.3. The number of carbonyl (C=O) groups excluding carboxylic acids is 1. The van der Waals surface area contributed by atoms with Gasteiger partial charge in [-0.1, -0.05) is 6.07 Å². The maximum Gasteiger partial charge on any atom is 0.417 e. The maximum atomic E-state index is 13.1. The molecule has 3 heterocycles. The topological polar surface area (TPSA) is 80.0 Å². The molecule has 0 bridgehead atoms. The number of phenols is 1. The number of nitrogens with zero attached hydrogens (tertiary/aromatic N) is 4. The molecular formula is C20H19F3N4O3. The number of piperidine rings is 1. The molecule has 4 rings (SSSR count). The summed E-state index contributed by atoms with van der Waals surface area (Å²) in [5.41, 5.74) is -0.367. The highest BCUT2D eigenvalue weighted by atomic mass is 19.4. The van der Waals surface area contributed by atoms with E-state index in [-0.39, 0.29) is 35.4 Å². The highest BCUT2D eigenvalue weighted by molar-refractivity contribution is 5.97. The minimum atomic E-state index is -4.48. The number of halogens is 3. The number of likely N-dealkylation sites (tertiary alicyclic amines) is 1. The van der Waals surface area contributed by atoms with Crippen LogP contribution >= 0.6 is 0 Å². The van der Waals surface area contributed by atoms with E-state index in [2.05, 4.69) is 10.2 Å². The SMILES string of the molecule is COc1cccc(C(=O)N2CCCC(c3nnc4ccc(C(F)(F)F)cn34)C2)c1O. The number of carbonyl (C=O) groups is 1. The molecule has 7 nitrogen and oxygen atoms in total. The molecule has 1 N–H and O–H groups in total. The first kappa shape index (κ1) is 20.0. The van der Waals surface area contributed by atoms with E-state index < -0.39 is 11.7 Å². The van der Waals surface area contributed by atoms with Crippen LogP contribution < -0.4 is 4.74 Å². The van der Waals surface area contributed by atoms with Gasteiger partial charge in [0.15, 0.2) is 17.1 Å². The summed E-state index contributed by atoms with van der Waals surface area (Å²) >= 11 is 0. The molecular weight excluding hydrogens is 401 g/mol. The molecule has 10 heteroatoms. The molecule has 1 atom stereocenters. The predicted octanol–water partition coefficient (Wildman–Crippen LogP) is 3.48. The Kier molecular flexibility index (Phi) is 5.00. The number of rotatable bonds is 3. The van der Waals surface area contributed by atoms with Crippen molar-refractivity contribution in [2.45, 2.75) is 24.9 Å². The van der Waals surface area contributed by atoms with Crippen LogP contribution in [0.3, 0.4) is 0 Å². The third-order valence-corrected chi connectivity index (χ3v) is 5.28. The largest absolute Gasteiger partial charge is 0.504 e. The number of para-hydroxylation sites is 1. The van der Waals surface area contributed by atoms with E-state index in [0.29, 0.717) is 30.9 Å². The van der Waals surface area contributed by atoms with Crippen LogP contribution in [0.15, 0.2) is 36.5 Å². The Morgan fingerprint density at radius 2 is 2.03 bits per heavy atom. The summed E-state index contributed by atoms with van der Waals surface area (Å²) in [5.74, 6) is -0.328. The molecule has 0 saturated carbocycles. The van der Waals surface area contributed by atoms with E-state index in [1.165, 1.54) is 23.6 Å². The number of aromatic nitrogens is 3. The fraction of sp³-hybridized carbons (Fsp3) is 0.350. The van der Waals surface area contributed by atoms with E-state index >= 15 is 0 Å². The van der Waals surface area contributed by atoms with Gasteiger partial charge in [0.1, 0.15) is 5.82 Å². The Labute approximate surface area is 169 Å². The first-order valence-electron chi connectivity index (χ1n) is 9.36. The van der Waals surface area contributed by atoms with Gasteiger partial charge in [0.05, 0.1) is 18.2 Å². The van der Waals surface area contributed by atoms with Crippen molar-refractivity contribution >= 4 is 11.6 Å². The summed E-state index contributed by atoms with van der Waals surface area (Å²) < 4.78 is 45.7. The smallest absolute Gasteiger partial charge is 0.417 e. The van der Waals surface area contributed by atoms with Crippen LogP contribution in [-0.4, -0.2) is 50.7 Å². The van der Waals surface area contributed by atoms with Gasteiger partial charge in [0.25, 0.3) is 5.91 Å². The van der Waals surface area contributed by atoms with Crippen LogP contribution in [0.4, 0.5) is 13.2 Å². The Morgan fingerprint density at radius 3 is 2.77 bits per heavy atom. The number of alkyl halides is 3. The first-order chi connectivity index (χ1) is 14.3. The quantitative estimate of drug-likeness (QED) is 0.702. The molecule has 1 fully saturated rings. The van der Waals surface area contributed by atoms with Crippen molar-refractivity contribution in [3.63, 3.8) is 0 Å². The number of pyridine rings is 1. The maximum absolute atomic E-state index is 13.1. The first-order valence-corrected chi connectivity index (χ1v) is 9.36. The number of aromatic hydroxyl groups is 1. The van der Waals surface area contributed by atoms with Crippen LogP contribution in [-0.2, 0) is 6.18 Å². The van der Waals surface area contributed by atoms with Gasteiger partial charge in [0.2, 0.25) is 0 Å². The normalized spacial score (nSPS) is 17.3. The lowest BCUT2D eigenvalue weighted by molar-refractivity contribution is -0.137. The van der Waals surface area contributed by atoms with Gasteiger partial charge < -0.3 is 14.7 Å². The van der Waals surface area contributed by atoms with Crippen molar-refractivity contribution in [2.24, 2.45) is 0 Å². The minimum absolute atomic E-state index is 0.112. The lowest BCUT2D eigenvalue weighted by Crippen LogP contribution is -2.39. The molecule has 30 heavy (non-hydrogen) atoms. The molecule has 0 spiro atoms. The molecule has 1 aliphatic heterocycles. The highest BCUT2D eigenvalue weighted by Crippen LogP contribution is 2.34. The summed E-state index contributed by atoms with van der Waals surface area (Å²) in [6, 6.07) is 6.91. The van der Waals surface area contributed by atoms with E-state index in [9.17, 15) is 23.1 Å². The van der Waals surface area contributed by atoms with Gasteiger partial charge in [-0.15, -0.1) is 10.2 Å². The van der Waals surface area contributed by atoms with Gasteiger partial charge in [-0.05, 0) is 37.1 Å². The molecule has 0 aliphatic carbocycles. The molecule has 158 valence electrons. The molecule has 2 aromatic heterocycles. The second-order valence-electron chi connectivity index (χ2n) is 7.15. The van der Waals surface area contributed by atoms with E-state index in [1.807, 2.05) is 0 Å². The third-order valence-electron chi connectivity index (χ3n) is 5.28. The van der Waals surface area contributed by atoms with Crippen LogP contribution in [0.1, 0.15) is 40.5 Å². The standard InChI is InChI=1S/C20H19F3N4O3/c1-30-15-6-2-5-14(17(15)28)19(29)26-9-3-4-12(10-26)18-25-24-16-8-7-13(11-27(16)18)20(21,22)23/h2,5-8,11-12,28H,3-4,9-10H2,1H3. The number of fused-ring (bicyclic) bond motifs is 1. The van der Waals surface area contributed by atoms with Crippen LogP contribution in [0, 0.1) is 0 Å². The second kappa shape index (κ2) is 7.51. The van der Waals surface area contributed by atoms with Gasteiger partial charge in [-0.3, -0.25) is 9.20 Å². The Bertz CT molecular complexity index is 1100. The van der Waals surface area contributed by atoms with Gasteiger partial charge in [0, 0.05) is 25.2 Å². The van der Waals surface area contributed by atoms with Crippen LogP contribution in [0.25, 0.3) is 5.65 Å². The third kappa shape index (κ3) is 3.53. The van der Waals surface area contributed by atoms with Gasteiger partial charge in [-0.25, -0.2) is 0 Å². The van der Waals surface area contributed by atoms with E-state index in [0.717, 1.165) is 12.3 Å². The van der Waals surface area contributed by atoms with Gasteiger partial charge in [-0.2, -0.15) is 13.2 Å². The van der Waals surface area contributed by atoms with Crippen molar-refractivity contribution in [1.82, 2.24) is 19.5 Å². The fourth-order valence-corrected chi connectivity index (χ4v) is 3.76. The number of benzene rings is 1. The molecule has 1 unspecified atom stereocenters. The highest BCUT2D eigenvalue weighted by Gasteiger charge is 2.33. The van der Waals surface area contributed by atoms with Crippen molar-refractivity contribution in [3.8, 4) is 11.5 Å². The monoisotopic (exact) mass is 420 g/mol. The second-order valence-corrected chi connectivity index (χ2v) is 7.15. The Balaban J connectivity index is 1.63. The number of phenolic OH excluding ortho intramolecular Hbond substituents is 1. The zero-order valence-corrected chi connectivity index (χ0v) is 16.1. The molecule has 1 amide bonds. The number of hydrogen-bond acceptors (Lipinski definition) is 5. The van der Waals surface area contributed by atoms with Crippen molar-refractivity contribution in [1.29, 1.82) is 0 Å². The zero-order chi connectivity index (χ0) is 21.5. The van der Waals surface area contributed by atoms with Crippen molar-refractivity contribution in [2.75, 3.05) is 20.2 Å². The molecule has 1 aliphatic rings. The van der Waals surface area contributed by atoms with E-state index in [4.69, 9.17) is 4.74 Å².